The van der Waals surface area contributed by atoms with Crippen LogP contribution in [0.15, 0.2) is 29.6 Å². The molecule has 0 fully saturated rings. The molecule has 2 rings (SSSR count). The highest BCUT2D eigenvalue weighted by atomic mass is 32.1. The first-order valence-electron chi connectivity index (χ1n) is 6.67. The summed E-state index contributed by atoms with van der Waals surface area (Å²) in [4.78, 5) is 1.10. The molecule has 0 aliphatic heterocycles. The second kappa shape index (κ2) is 7.72. The van der Waals surface area contributed by atoms with Gasteiger partial charge in [-0.2, -0.15) is 0 Å². The smallest absolute Gasteiger partial charge is 0.161 e. The standard InChI is InChI=1S/C17H18O3S/c1-13-6-7-16(17(9-13)19-2)20-11-15-10-14(12-21-15)5-3-4-8-18/h6-7,9-10,12,18H,4,8,11H2,1-2H3. The molecule has 3 nitrogen and oxygen atoms in total. The van der Waals surface area contributed by atoms with Gasteiger partial charge < -0.3 is 14.6 Å². The number of aliphatic hydroxyl groups excluding tert-OH is 1. The summed E-state index contributed by atoms with van der Waals surface area (Å²) in [6, 6.07) is 7.88. The maximum Gasteiger partial charge on any atom is 0.161 e. The molecule has 0 saturated heterocycles. The van der Waals surface area contributed by atoms with E-state index in [0.717, 1.165) is 27.5 Å². The number of aliphatic hydroxyl groups is 1. The molecule has 0 spiro atoms. The Morgan fingerprint density at radius 2 is 2.10 bits per heavy atom. The van der Waals surface area contributed by atoms with E-state index in [1.54, 1.807) is 18.4 Å². The first-order valence-corrected chi connectivity index (χ1v) is 7.55. The van der Waals surface area contributed by atoms with Crippen molar-refractivity contribution in [3.05, 3.63) is 45.6 Å². The molecule has 0 aliphatic carbocycles. The van der Waals surface area contributed by atoms with Crippen LogP contribution in [0.1, 0.15) is 22.4 Å². The van der Waals surface area contributed by atoms with Crippen molar-refractivity contribution in [1.82, 2.24) is 0 Å². The molecule has 21 heavy (non-hydrogen) atoms. The molecule has 1 aromatic carbocycles. The number of hydrogen-bond acceptors (Lipinski definition) is 4. The zero-order chi connectivity index (χ0) is 15.1. The van der Waals surface area contributed by atoms with Crippen LogP contribution in [0.4, 0.5) is 0 Å². The Balaban J connectivity index is 1.99. The third-order valence-corrected chi connectivity index (χ3v) is 3.72. The molecule has 0 aliphatic rings. The SMILES string of the molecule is COc1cc(C)ccc1OCc1cc(C#CCCO)cs1. The van der Waals surface area contributed by atoms with Crippen molar-refractivity contribution in [2.75, 3.05) is 13.7 Å². The summed E-state index contributed by atoms with van der Waals surface area (Å²) in [5, 5.41) is 10.7. The second-order valence-corrected chi connectivity index (χ2v) is 5.52. The highest BCUT2D eigenvalue weighted by Crippen LogP contribution is 2.29. The molecule has 110 valence electrons. The summed E-state index contributed by atoms with van der Waals surface area (Å²) in [7, 11) is 1.64. The average molecular weight is 302 g/mol. The molecule has 2 aromatic rings. The minimum Gasteiger partial charge on any atom is -0.493 e. The summed E-state index contributed by atoms with van der Waals surface area (Å²) in [5.74, 6) is 7.41. The second-order valence-electron chi connectivity index (χ2n) is 4.52. The number of rotatable bonds is 5. The van der Waals surface area contributed by atoms with E-state index in [-0.39, 0.29) is 6.61 Å². The molecule has 0 bridgehead atoms. The van der Waals surface area contributed by atoms with Crippen LogP contribution >= 0.6 is 11.3 Å². The quantitative estimate of drug-likeness (QED) is 0.861. The summed E-state index contributed by atoms with van der Waals surface area (Å²) >= 11 is 1.61. The van der Waals surface area contributed by atoms with Gasteiger partial charge in [-0.15, -0.1) is 11.3 Å². The Kier molecular flexibility index (Phi) is 5.68. The number of ether oxygens (including phenoxy) is 2. The minimum atomic E-state index is 0.0975. The summed E-state index contributed by atoms with van der Waals surface area (Å²) in [6.07, 6.45) is 0.502. The van der Waals surface area contributed by atoms with E-state index in [1.807, 2.05) is 36.6 Å². The van der Waals surface area contributed by atoms with Gasteiger partial charge in [-0.25, -0.2) is 0 Å². The minimum absolute atomic E-state index is 0.0975. The molecular formula is C17H18O3S. The van der Waals surface area contributed by atoms with Crippen LogP contribution in [0.3, 0.4) is 0 Å². The number of benzene rings is 1. The lowest BCUT2D eigenvalue weighted by molar-refractivity contribution is 0.287. The lowest BCUT2D eigenvalue weighted by Gasteiger charge is -2.10. The predicted octanol–water partition coefficient (Wildman–Crippen LogP) is 3.38. The highest BCUT2D eigenvalue weighted by Gasteiger charge is 2.05. The van der Waals surface area contributed by atoms with Crippen molar-refractivity contribution < 1.29 is 14.6 Å². The van der Waals surface area contributed by atoms with Crippen molar-refractivity contribution in [2.24, 2.45) is 0 Å². The topological polar surface area (TPSA) is 38.7 Å². The fourth-order valence-electron chi connectivity index (χ4n) is 1.79. The van der Waals surface area contributed by atoms with Crippen LogP contribution in [-0.2, 0) is 6.61 Å². The largest absolute Gasteiger partial charge is 0.493 e. The van der Waals surface area contributed by atoms with Gasteiger partial charge in [0.25, 0.3) is 0 Å². The van der Waals surface area contributed by atoms with E-state index in [9.17, 15) is 0 Å². The van der Waals surface area contributed by atoms with Crippen molar-refractivity contribution in [1.29, 1.82) is 0 Å². The molecule has 0 radical (unpaired) electrons. The molecular weight excluding hydrogens is 284 g/mol. The van der Waals surface area contributed by atoms with Crippen molar-refractivity contribution in [3.8, 4) is 23.3 Å². The molecule has 1 aromatic heterocycles. The Labute approximate surface area is 129 Å². The first-order chi connectivity index (χ1) is 10.2. The van der Waals surface area contributed by atoms with Crippen molar-refractivity contribution in [2.45, 2.75) is 20.0 Å². The van der Waals surface area contributed by atoms with Gasteiger partial charge in [0.05, 0.1) is 13.7 Å². The van der Waals surface area contributed by atoms with Gasteiger partial charge in [-0.05, 0) is 30.7 Å². The number of hydrogen-bond donors (Lipinski definition) is 1. The Morgan fingerprint density at radius 1 is 1.24 bits per heavy atom. The van der Waals surface area contributed by atoms with Crippen molar-refractivity contribution in [3.63, 3.8) is 0 Å². The van der Waals surface area contributed by atoms with Crippen LogP contribution in [0.5, 0.6) is 11.5 Å². The number of thiophene rings is 1. The Bertz CT molecular complexity index is 650. The highest BCUT2D eigenvalue weighted by molar-refractivity contribution is 7.10. The fraction of sp³-hybridized carbons (Fsp3) is 0.294. The molecule has 0 unspecified atom stereocenters. The maximum atomic E-state index is 8.70. The van der Waals surface area contributed by atoms with E-state index in [2.05, 4.69) is 11.8 Å². The third kappa shape index (κ3) is 4.52. The van der Waals surface area contributed by atoms with Gasteiger partial charge in [0.1, 0.15) is 6.61 Å². The lowest BCUT2D eigenvalue weighted by Crippen LogP contribution is -1.96. The normalized spacial score (nSPS) is 9.86. The number of methoxy groups -OCH3 is 1. The first kappa shape index (κ1) is 15.4. The van der Waals surface area contributed by atoms with Gasteiger partial charge in [0, 0.05) is 22.2 Å². The van der Waals surface area contributed by atoms with Crippen molar-refractivity contribution >= 4 is 11.3 Å². The van der Waals surface area contributed by atoms with Gasteiger partial charge in [0.2, 0.25) is 0 Å². The van der Waals surface area contributed by atoms with Gasteiger partial charge in [-0.1, -0.05) is 17.9 Å². The van der Waals surface area contributed by atoms with Crippen LogP contribution in [0.2, 0.25) is 0 Å². The van der Waals surface area contributed by atoms with Crippen LogP contribution in [0.25, 0.3) is 0 Å². The Morgan fingerprint density at radius 3 is 2.86 bits per heavy atom. The van der Waals surface area contributed by atoms with Gasteiger partial charge >= 0.3 is 0 Å². The fourth-order valence-corrected chi connectivity index (χ4v) is 2.51. The summed E-state index contributed by atoms with van der Waals surface area (Å²) in [6.45, 7) is 2.61. The van der Waals surface area contributed by atoms with E-state index in [1.165, 1.54) is 0 Å². The van der Waals surface area contributed by atoms with E-state index in [4.69, 9.17) is 14.6 Å². The predicted molar refractivity (Wildman–Crippen MR) is 85.0 cm³/mol. The molecule has 1 N–H and O–H groups in total. The monoisotopic (exact) mass is 302 g/mol. The van der Waals surface area contributed by atoms with E-state index >= 15 is 0 Å². The lowest BCUT2D eigenvalue weighted by atomic mass is 10.2. The van der Waals surface area contributed by atoms with Gasteiger partial charge in [0.15, 0.2) is 11.5 Å². The molecule has 4 heteroatoms. The average Bonchev–Trinajstić information content (AvgIpc) is 2.94. The molecule has 0 saturated carbocycles. The molecule has 1 heterocycles. The number of aryl methyl sites for hydroxylation is 1. The molecule has 0 amide bonds. The summed E-state index contributed by atoms with van der Waals surface area (Å²) < 4.78 is 11.1. The van der Waals surface area contributed by atoms with Crippen LogP contribution < -0.4 is 9.47 Å². The van der Waals surface area contributed by atoms with Crippen LogP contribution in [0, 0.1) is 18.8 Å². The zero-order valence-corrected chi connectivity index (χ0v) is 13.0. The molecule has 0 atom stereocenters. The van der Waals surface area contributed by atoms with Gasteiger partial charge in [-0.3, -0.25) is 0 Å². The maximum absolute atomic E-state index is 8.70. The Hall–Kier alpha value is -1.96. The summed E-state index contributed by atoms with van der Waals surface area (Å²) in [5.41, 5.74) is 2.10. The van der Waals surface area contributed by atoms with Crippen LogP contribution in [-0.4, -0.2) is 18.8 Å². The van der Waals surface area contributed by atoms with E-state index in [0.29, 0.717) is 13.0 Å². The van der Waals surface area contributed by atoms with E-state index < -0.39 is 0 Å². The third-order valence-electron chi connectivity index (χ3n) is 2.81. The zero-order valence-electron chi connectivity index (χ0n) is 12.2.